The van der Waals surface area contributed by atoms with Gasteiger partial charge in [0.05, 0.1) is 10.7 Å². The van der Waals surface area contributed by atoms with Crippen LogP contribution in [-0.2, 0) is 15.0 Å². The van der Waals surface area contributed by atoms with E-state index >= 15 is 0 Å². The molecule has 0 bridgehead atoms. The van der Waals surface area contributed by atoms with Crippen molar-refractivity contribution in [2.24, 2.45) is 0 Å². The third-order valence-corrected chi connectivity index (χ3v) is 4.65. The lowest BCUT2D eigenvalue weighted by Crippen LogP contribution is -2.27. The summed E-state index contributed by atoms with van der Waals surface area (Å²) in [6, 6.07) is 4.26. The van der Waals surface area contributed by atoms with Crippen molar-refractivity contribution >= 4 is 39.3 Å². The van der Waals surface area contributed by atoms with E-state index in [9.17, 15) is 21.9 Å². The quantitative estimate of drug-likeness (QED) is 0.839. The van der Waals surface area contributed by atoms with Crippen molar-refractivity contribution in [3.8, 4) is 0 Å². The number of nitrogens with one attached hydrogen (secondary N) is 1. The van der Waals surface area contributed by atoms with Crippen LogP contribution in [0.3, 0.4) is 0 Å². The Kier molecular flexibility index (Phi) is 4.20. The zero-order valence-corrected chi connectivity index (χ0v) is 12.5. The highest BCUT2D eigenvalue weighted by Gasteiger charge is 2.39. The molecule has 2 amide bonds. The van der Waals surface area contributed by atoms with Crippen LogP contribution in [0.25, 0.3) is 0 Å². The van der Waals surface area contributed by atoms with Gasteiger partial charge in [0.1, 0.15) is 5.25 Å². The summed E-state index contributed by atoms with van der Waals surface area (Å²) in [7, 11) is -3.36. The number of carbonyl (C=O) groups excluding carboxylic acids is 2. The summed E-state index contributed by atoms with van der Waals surface area (Å²) >= 11 is 5.98. The van der Waals surface area contributed by atoms with Gasteiger partial charge in [0.15, 0.2) is 0 Å². The highest BCUT2D eigenvalue weighted by molar-refractivity contribution is 7.87. The van der Waals surface area contributed by atoms with Crippen molar-refractivity contribution in [2.45, 2.75) is 11.7 Å². The molecule has 114 valence electrons. The van der Waals surface area contributed by atoms with Gasteiger partial charge in [-0.2, -0.15) is 8.42 Å². The fourth-order valence-corrected chi connectivity index (χ4v) is 2.99. The van der Waals surface area contributed by atoms with Gasteiger partial charge >= 0.3 is 10.2 Å². The minimum atomic E-state index is -4.81. The molecule has 21 heavy (non-hydrogen) atoms. The van der Waals surface area contributed by atoms with E-state index in [1.165, 1.54) is 25.2 Å². The van der Waals surface area contributed by atoms with E-state index < -0.39 is 27.8 Å². The fourth-order valence-electron chi connectivity index (χ4n) is 2.10. The lowest BCUT2D eigenvalue weighted by Gasteiger charge is -2.18. The molecule has 0 spiro atoms. The fraction of sp³-hybridized carbons (Fsp3) is 0.333. The number of hydrogen-bond acceptors (Lipinski definition) is 4. The lowest BCUT2D eigenvalue weighted by molar-refractivity contribution is -0.117. The van der Waals surface area contributed by atoms with Gasteiger partial charge < -0.3 is 10.2 Å². The second kappa shape index (κ2) is 5.61. The molecular formula is C12H12ClFN2O4S. The van der Waals surface area contributed by atoms with Gasteiger partial charge in [0.2, 0.25) is 5.91 Å². The number of nitrogens with zero attached hydrogens (tertiary/aromatic N) is 1. The van der Waals surface area contributed by atoms with E-state index in [2.05, 4.69) is 5.32 Å². The maximum absolute atomic E-state index is 13.0. The second-order valence-corrected chi connectivity index (χ2v) is 6.58. The molecule has 1 atom stereocenters. The maximum atomic E-state index is 13.0. The molecule has 1 unspecified atom stereocenters. The third kappa shape index (κ3) is 3.16. The van der Waals surface area contributed by atoms with Crippen LogP contribution in [0.4, 0.5) is 9.57 Å². The summed E-state index contributed by atoms with van der Waals surface area (Å²) in [5, 5.41) is 1.18. The van der Waals surface area contributed by atoms with Crippen molar-refractivity contribution in [3.05, 3.63) is 28.8 Å². The van der Waals surface area contributed by atoms with Gasteiger partial charge in [-0.3, -0.25) is 9.59 Å². The Balaban J connectivity index is 2.38. The van der Waals surface area contributed by atoms with Crippen LogP contribution in [0.5, 0.6) is 0 Å². The van der Waals surface area contributed by atoms with Gasteiger partial charge in [-0.1, -0.05) is 11.6 Å². The van der Waals surface area contributed by atoms with Crippen LogP contribution >= 0.6 is 11.6 Å². The predicted molar refractivity (Wildman–Crippen MR) is 75.6 cm³/mol. The molecule has 0 saturated carbocycles. The largest absolute Gasteiger partial charge is 0.355 e. The minimum Gasteiger partial charge on any atom is -0.355 e. The molecule has 1 fully saturated rings. The van der Waals surface area contributed by atoms with Crippen LogP contribution < -0.4 is 10.2 Å². The SMILES string of the molecule is CNC(=O)c1ccc(Cl)c(N2CC(S(=O)(=O)F)CC2=O)c1. The van der Waals surface area contributed by atoms with Gasteiger partial charge in [-0.15, -0.1) is 3.89 Å². The van der Waals surface area contributed by atoms with E-state index in [4.69, 9.17) is 11.6 Å². The molecule has 1 aliphatic rings. The Morgan fingerprint density at radius 1 is 1.48 bits per heavy atom. The standard InChI is InChI=1S/C12H12ClFN2O4S/c1-15-12(18)7-2-3-9(13)10(4-7)16-6-8(5-11(16)17)21(14,19)20/h2-4,8H,5-6H2,1H3,(H,15,18). The first kappa shape index (κ1) is 15.7. The van der Waals surface area contributed by atoms with Crippen molar-refractivity contribution in [3.63, 3.8) is 0 Å². The first-order valence-corrected chi connectivity index (χ1v) is 7.82. The number of halogens is 2. The Morgan fingerprint density at radius 3 is 2.67 bits per heavy atom. The van der Waals surface area contributed by atoms with E-state index in [1.54, 1.807) is 0 Å². The third-order valence-electron chi connectivity index (χ3n) is 3.21. The molecule has 1 saturated heterocycles. The summed E-state index contributed by atoms with van der Waals surface area (Å²) < 4.78 is 34.9. The summed E-state index contributed by atoms with van der Waals surface area (Å²) in [6.45, 7) is -0.325. The first-order chi connectivity index (χ1) is 9.74. The highest BCUT2D eigenvalue weighted by atomic mass is 35.5. The Hall–Kier alpha value is -1.67. The number of anilines is 1. The minimum absolute atomic E-state index is 0.174. The molecule has 1 aromatic rings. The molecule has 0 aliphatic carbocycles. The van der Waals surface area contributed by atoms with Crippen LogP contribution in [0.1, 0.15) is 16.8 Å². The molecule has 1 aromatic carbocycles. The number of amides is 2. The Morgan fingerprint density at radius 2 is 2.14 bits per heavy atom. The summed E-state index contributed by atoms with van der Waals surface area (Å²) in [5.41, 5.74) is 0.449. The molecule has 2 rings (SSSR count). The summed E-state index contributed by atoms with van der Waals surface area (Å²) in [4.78, 5) is 24.5. The first-order valence-electron chi connectivity index (χ1n) is 5.99. The molecule has 0 radical (unpaired) electrons. The molecule has 1 aliphatic heterocycles. The van der Waals surface area contributed by atoms with Crippen molar-refractivity contribution < 1.29 is 21.9 Å². The Bertz CT molecular complexity index is 707. The van der Waals surface area contributed by atoms with Crippen molar-refractivity contribution in [2.75, 3.05) is 18.5 Å². The summed E-state index contributed by atoms with van der Waals surface area (Å²) in [5.74, 6) is -0.939. The lowest BCUT2D eigenvalue weighted by atomic mass is 10.1. The Labute approximate surface area is 126 Å². The van der Waals surface area contributed by atoms with E-state index in [1.807, 2.05) is 0 Å². The number of hydrogen-bond donors (Lipinski definition) is 1. The molecule has 1 heterocycles. The topological polar surface area (TPSA) is 83.6 Å². The molecule has 1 N–H and O–H groups in total. The van der Waals surface area contributed by atoms with E-state index in [0.29, 0.717) is 0 Å². The second-order valence-electron chi connectivity index (χ2n) is 4.55. The molecule has 0 aromatic heterocycles. The van der Waals surface area contributed by atoms with Crippen LogP contribution in [-0.4, -0.2) is 39.1 Å². The van der Waals surface area contributed by atoms with E-state index in [-0.39, 0.29) is 28.7 Å². The van der Waals surface area contributed by atoms with Crippen molar-refractivity contribution in [1.29, 1.82) is 0 Å². The van der Waals surface area contributed by atoms with Crippen LogP contribution in [0.15, 0.2) is 18.2 Å². The molecule has 9 heteroatoms. The van der Waals surface area contributed by atoms with Gasteiger partial charge in [-0.05, 0) is 18.2 Å². The maximum Gasteiger partial charge on any atom is 0.307 e. The van der Waals surface area contributed by atoms with Gasteiger partial charge in [0.25, 0.3) is 5.91 Å². The van der Waals surface area contributed by atoms with Gasteiger partial charge in [-0.25, -0.2) is 0 Å². The average molecular weight is 335 g/mol. The average Bonchev–Trinajstić information content (AvgIpc) is 2.80. The summed E-state index contributed by atoms with van der Waals surface area (Å²) in [6.07, 6.45) is -0.445. The van der Waals surface area contributed by atoms with Crippen molar-refractivity contribution in [1.82, 2.24) is 5.32 Å². The molecular weight excluding hydrogens is 323 g/mol. The normalized spacial score (nSPS) is 18.9. The number of carbonyl (C=O) groups is 2. The number of benzene rings is 1. The zero-order chi connectivity index (χ0) is 15.8. The van der Waals surface area contributed by atoms with Gasteiger partial charge in [0, 0.05) is 25.6 Å². The van der Waals surface area contributed by atoms with Crippen LogP contribution in [0, 0.1) is 0 Å². The van der Waals surface area contributed by atoms with E-state index in [0.717, 1.165) is 4.90 Å². The highest BCUT2D eigenvalue weighted by Crippen LogP contribution is 2.32. The number of rotatable bonds is 3. The zero-order valence-electron chi connectivity index (χ0n) is 11.0. The monoisotopic (exact) mass is 334 g/mol. The van der Waals surface area contributed by atoms with Crippen LogP contribution in [0.2, 0.25) is 5.02 Å². The predicted octanol–water partition coefficient (Wildman–Crippen LogP) is 1.10. The molecule has 6 nitrogen and oxygen atoms in total. The smallest absolute Gasteiger partial charge is 0.307 e.